The molecule has 0 spiro atoms. The van der Waals surface area contributed by atoms with E-state index < -0.39 is 23.6 Å². The molecule has 1 atom stereocenters. The third-order valence-corrected chi connectivity index (χ3v) is 4.03. The summed E-state index contributed by atoms with van der Waals surface area (Å²) in [7, 11) is 0. The first-order valence-electron chi connectivity index (χ1n) is 5.16. The van der Waals surface area contributed by atoms with Gasteiger partial charge < -0.3 is 5.73 Å². The summed E-state index contributed by atoms with van der Waals surface area (Å²) in [4.78, 5) is 0.584. The molecule has 0 saturated heterocycles. The summed E-state index contributed by atoms with van der Waals surface area (Å²) in [5, 5.41) is 2.12. The minimum absolute atomic E-state index is 0.245. The molecule has 19 heavy (non-hydrogen) atoms. The van der Waals surface area contributed by atoms with E-state index in [0.717, 1.165) is 12.1 Å². The summed E-state index contributed by atoms with van der Waals surface area (Å²) in [5.74, 6) is -1.34. The predicted molar refractivity (Wildman–Crippen MR) is 66.8 cm³/mol. The topological polar surface area (TPSA) is 26.0 Å². The summed E-state index contributed by atoms with van der Waals surface area (Å²) in [6.07, 6.45) is -4.71. The fraction of sp³-hybridized carbons (Fsp3) is 0.167. The van der Waals surface area contributed by atoms with Gasteiger partial charge in [0.15, 0.2) is 0 Å². The van der Waals surface area contributed by atoms with Crippen LogP contribution >= 0.6 is 22.9 Å². The molecule has 1 unspecified atom stereocenters. The monoisotopic (exact) mass is 309 g/mol. The zero-order valence-corrected chi connectivity index (χ0v) is 10.9. The van der Waals surface area contributed by atoms with Crippen molar-refractivity contribution in [2.45, 2.75) is 12.2 Å². The van der Waals surface area contributed by atoms with E-state index >= 15 is 0 Å². The fourth-order valence-electron chi connectivity index (χ4n) is 1.63. The Morgan fingerprint density at radius 3 is 2.37 bits per heavy atom. The van der Waals surface area contributed by atoms with Crippen LogP contribution in [0.3, 0.4) is 0 Å². The van der Waals surface area contributed by atoms with Crippen LogP contribution in [0.2, 0.25) is 5.02 Å². The van der Waals surface area contributed by atoms with Gasteiger partial charge >= 0.3 is 6.18 Å². The normalized spacial score (nSPS) is 13.6. The van der Waals surface area contributed by atoms with Crippen LogP contribution in [-0.2, 0) is 6.18 Å². The zero-order chi connectivity index (χ0) is 14.2. The number of halogens is 5. The predicted octanol–water partition coefficient (Wildman–Crippen LogP) is 4.61. The molecule has 1 aromatic heterocycles. The van der Waals surface area contributed by atoms with Gasteiger partial charge in [0.2, 0.25) is 0 Å². The van der Waals surface area contributed by atoms with E-state index in [2.05, 4.69) is 0 Å². The van der Waals surface area contributed by atoms with Gasteiger partial charge in [-0.15, -0.1) is 11.3 Å². The maximum Gasteiger partial charge on any atom is 0.419 e. The Bertz CT molecular complexity index is 594. The van der Waals surface area contributed by atoms with Gasteiger partial charge in [0.1, 0.15) is 5.82 Å². The van der Waals surface area contributed by atoms with Crippen molar-refractivity contribution in [1.82, 2.24) is 0 Å². The largest absolute Gasteiger partial charge is 0.419 e. The average Bonchev–Trinajstić information content (AvgIpc) is 2.72. The number of rotatable bonds is 2. The lowest BCUT2D eigenvalue weighted by Gasteiger charge is -2.14. The SMILES string of the molecule is NC(c1ccc(C(F)(F)F)c(F)c1)c1sccc1Cl. The van der Waals surface area contributed by atoms with Crippen LogP contribution in [0.15, 0.2) is 29.6 Å². The Morgan fingerprint density at radius 2 is 1.89 bits per heavy atom. The molecular formula is C12H8ClF4NS. The van der Waals surface area contributed by atoms with Gasteiger partial charge in [0.25, 0.3) is 0 Å². The lowest BCUT2D eigenvalue weighted by atomic mass is 10.0. The maximum absolute atomic E-state index is 13.4. The van der Waals surface area contributed by atoms with Crippen molar-refractivity contribution in [2.75, 3.05) is 0 Å². The molecule has 2 aromatic rings. The van der Waals surface area contributed by atoms with E-state index in [1.165, 1.54) is 11.3 Å². The first-order valence-corrected chi connectivity index (χ1v) is 6.41. The van der Waals surface area contributed by atoms with Crippen molar-refractivity contribution in [3.05, 3.63) is 56.5 Å². The Labute approximate surface area is 115 Å². The van der Waals surface area contributed by atoms with Crippen LogP contribution in [0, 0.1) is 5.82 Å². The van der Waals surface area contributed by atoms with Crippen LogP contribution in [0.4, 0.5) is 17.6 Å². The van der Waals surface area contributed by atoms with Crippen LogP contribution in [0.5, 0.6) is 0 Å². The second-order valence-corrected chi connectivity index (χ2v) is 5.20. The van der Waals surface area contributed by atoms with Gasteiger partial charge in [-0.25, -0.2) is 4.39 Å². The Kier molecular flexibility index (Phi) is 3.85. The molecule has 0 radical (unpaired) electrons. The molecule has 102 valence electrons. The third-order valence-electron chi connectivity index (χ3n) is 2.58. The van der Waals surface area contributed by atoms with Gasteiger partial charge in [0.05, 0.1) is 16.6 Å². The minimum atomic E-state index is -4.71. The van der Waals surface area contributed by atoms with Crippen LogP contribution in [-0.4, -0.2) is 0 Å². The standard InChI is InChI=1S/C12H8ClF4NS/c13-8-3-4-19-11(8)10(18)6-1-2-7(9(14)5-6)12(15,16)17/h1-5,10H,18H2. The quantitative estimate of drug-likeness (QED) is 0.806. The van der Waals surface area contributed by atoms with Gasteiger partial charge in [0, 0.05) is 4.88 Å². The molecule has 1 heterocycles. The van der Waals surface area contributed by atoms with Crippen molar-refractivity contribution >= 4 is 22.9 Å². The van der Waals surface area contributed by atoms with Gasteiger partial charge in [-0.05, 0) is 29.1 Å². The van der Waals surface area contributed by atoms with Gasteiger partial charge in [-0.3, -0.25) is 0 Å². The maximum atomic E-state index is 13.4. The molecule has 0 aliphatic rings. The van der Waals surface area contributed by atoms with Gasteiger partial charge in [-0.2, -0.15) is 13.2 Å². The summed E-state index contributed by atoms with van der Waals surface area (Å²) < 4.78 is 50.7. The molecule has 1 nitrogen and oxygen atoms in total. The fourth-order valence-corrected chi connectivity index (χ4v) is 2.84. The molecule has 0 aliphatic heterocycles. The molecule has 0 amide bonds. The lowest BCUT2D eigenvalue weighted by Crippen LogP contribution is -2.13. The van der Waals surface area contributed by atoms with Crippen molar-refractivity contribution in [1.29, 1.82) is 0 Å². The van der Waals surface area contributed by atoms with E-state index in [4.69, 9.17) is 17.3 Å². The molecule has 1 aromatic carbocycles. The van der Waals surface area contributed by atoms with Crippen LogP contribution < -0.4 is 5.73 Å². The number of hydrogen-bond donors (Lipinski definition) is 1. The van der Waals surface area contributed by atoms with Crippen molar-refractivity contribution < 1.29 is 17.6 Å². The Hall–Kier alpha value is -1.11. The van der Waals surface area contributed by atoms with Crippen molar-refractivity contribution in [2.24, 2.45) is 5.73 Å². The first kappa shape index (κ1) is 14.3. The highest BCUT2D eigenvalue weighted by Crippen LogP contribution is 2.35. The van der Waals surface area contributed by atoms with E-state index in [9.17, 15) is 17.6 Å². The number of hydrogen-bond acceptors (Lipinski definition) is 2. The summed E-state index contributed by atoms with van der Waals surface area (Å²) in [5.41, 5.74) is 4.81. The number of nitrogens with two attached hydrogens (primary N) is 1. The molecule has 0 aliphatic carbocycles. The minimum Gasteiger partial charge on any atom is -0.320 e. The smallest absolute Gasteiger partial charge is 0.320 e. The molecular weight excluding hydrogens is 302 g/mol. The molecule has 2 rings (SSSR count). The molecule has 2 N–H and O–H groups in total. The number of thiophene rings is 1. The summed E-state index contributed by atoms with van der Waals surface area (Å²) in [6.45, 7) is 0. The Morgan fingerprint density at radius 1 is 1.21 bits per heavy atom. The number of alkyl halides is 3. The van der Waals surface area contributed by atoms with Crippen LogP contribution in [0.25, 0.3) is 0 Å². The van der Waals surface area contributed by atoms with E-state index in [1.807, 2.05) is 0 Å². The lowest BCUT2D eigenvalue weighted by molar-refractivity contribution is -0.140. The molecule has 0 saturated carbocycles. The highest BCUT2D eigenvalue weighted by Gasteiger charge is 2.34. The van der Waals surface area contributed by atoms with Crippen molar-refractivity contribution in [3.8, 4) is 0 Å². The second kappa shape index (κ2) is 5.11. The molecule has 0 fully saturated rings. The van der Waals surface area contributed by atoms with E-state index in [1.54, 1.807) is 11.4 Å². The average molecular weight is 310 g/mol. The highest BCUT2D eigenvalue weighted by atomic mass is 35.5. The third kappa shape index (κ3) is 2.91. The zero-order valence-electron chi connectivity index (χ0n) is 9.34. The molecule has 7 heteroatoms. The van der Waals surface area contributed by atoms with Crippen molar-refractivity contribution in [3.63, 3.8) is 0 Å². The van der Waals surface area contributed by atoms with E-state index in [-0.39, 0.29) is 5.56 Å². The Balaban J connectivity index is 2.38. The highest BCUT2D eigenvalue weighted by molar-refractivity contribution is 7.10. The van der Waals surface area contributed by atoms with Gasteiger partial charge in [-0.1, -0.05) is 17.7 Å². The molecule has 0 bridgehead atoms. The second-order valence-electron chi connectivity index (χ2n) is 3.85. The first-order chi connectivity index (χ1) is 8.80. The van der Waals surface area contributed by atoms with E-state index in [0.29, 0.717) is 16.0 Å². The summed E-state index contributed by atoms with van der Waals surface area (Å²) in [6, 6.07) is 3.52. The summed E-state index contributed by atoms with van der Waals surface area (Å²) >= 11 is 7.15. The van der Waals surface area contributed by atoms with Crippen LogP contribution in [0.1, 0.15) is 22.0 Å². The number of benzene rings is 1.